The number of hydrogen-bond donors (Lipinski definition) is 1. The fourth-order valence-corrected chi connectivity index (χ4v) is 1.71. The number of hydrogen-bond acceptors (Lipinski definition) is 3. The maximum absolute atomic E-state index is 5.01. The van der Waals surface area contributed by atoms with Crippen molar-refractivity contribution in [3.63, 3.8) is 0 Å². The molecule has 2 unspecified atom stereocenters. The molecule has 18 heavy (non-hydrogen) atoms. The quantitative estimate of drug-likeness (QED) is 0.810. The zero-order valence-corrected chi connectivity index (χ0v) is 11.3. The van der Waals surface area contributed by atoms with Crippen molar-refractivity contribution in [1.29, 1.82) is 0 Å². The van der Waals surface area contributed by atoms with Crippen LogP contribution in [0, 0.1) is 6.92 Å². The van der Waals surface area contributed by atoms with Crippen LogP contribution >= 0.6 is 0 Å². The average molecular weight is 249 g/mol. The molecule has 0 aliphatic carbocycles. The van der Waals surface area contributed by atoms with E-state index < -0.39 is 0 Å². The summed E-state index contributed by atoms with van der Waals surface area (Å²) in [7, 11) is 0. The molecule has 100 valence electrons. The van der Waals surface area contributed by atoms with Gasteiger partial charge in [-0.3, -0.25) is 0 Å². The molecule has 1 aromatic carbocycles. The van der Waals surface area contributed by atoms with Crippen molar-refractivity contribution < 1.29 is 9.47 Å². The highest BCUT2D eigenvalue weighted by atomic mass is 16.6. The van der Waals surface area contributed by atoms with Crippen LogP contribution in [0.5, 0.6) is 0 Å². The van der Waals surface area contributed by atoms with Crippen LogP contribution in [-0.4, -0.2) is 38.5 Å². The van der Waals surface area contributed by atoms with Crippen molar-refractivity contribution in [2.24, 2.45) is 0 Å². The Hall–Kier alpha value is -0.900. The third-order valence-corrected chi connectivity index (χ3v) is 3.04. The van der Waals surface area contributed by atoms with Crippen LogP contribution in [0.1, 0.15) is 18.1 Å². The van der Waals surface area contributed by atoms with Gasteiger partial charge in [-0.05, 0) is 18.9 Å². The second-order valence-electron chi connectivity index (χ2n) is 4.91. The van der Waals surface area contributed by atoms with Gasteiger partial charge in [-0.2, -0.15) is 0 Å². The van der Waals surface area contributed by atoms with Gasteiger partial charge in [-0.15, -0.1) is 0 Å². The summed E-state index contributed by atoms with van der Waals surface area (Å²) in [6, 6.07) is 8.61. The molecule has 2 atom stereocenters. The van der Waals surface area contributed by atoms with Crippen LogP contribution in [0.2, 0.25) is 0 Å². The second-order valence-corrected chi connectivity index (χ2v) is 4.91. The van der Waals surface area contributed by atoms with E-state index in [0.717, 1.165) is 32.7 Å². The molecule has 1 aromatic rings. The summed E-state index contributed by atoms with van der Waals surface area (Å²) in [5.74, 6) is 0. The molecule has 3 heteroatoms. The van der Waals surface area contributed by atoms with Gasteiger partial charge < -0.3 is 14.8 Å². The van der Waals surface area contributed by atoms with Crippen molar-refractivity contribution in [3.8, 4) is 0 Å². The lowest BCUT2D eigenvalue weighted by Crippen LogP contribution is -2.24. The van der Waals surface area contributed by atoms with Gasteiger partial charge in [-0.25, -0.2) is 0 Å². The topological polar surface area (TPSA) is 37.1 Å². The van der Waals surface area contributed by atoms with Crippen LogP contribution < -0.4 is 5.32 Å². The van der Waals surface area contributed by atoms with Gasteiger partial charge in [0.1, 0.15) is 0 Å². The summed E-state index contributed by atoms with van der Waals surface area (Å²) >= 11 is 0. The fourth-order valence-electron chi connectivity index (χ4n) is 1.71. The summed E-state index contributed by atoms with van der Waals surface area (Å²) < 4.78 is 10.0. The van der Waals surface area contributed by atoms with Gasteiger partial charge in [0.05, 0.1) is 25.4 Å². The predicted molar refractivity (Wildman–Crippen MR) is 72.9 cm³/mol. The third-order valence-electron chi connectivity index (χ3n) is 3.04. The van der Waals surface area contributed by atoms with E-state index >= 15 is 0 Å². The zero-order valence-electron chi connectivity index (χ0n) is 11.3. The van der Waals surface area contributed by atoms with E-state index in [0.29, 0.717) is 12.2 Å². The van der Waals surface area contributed by atoms with Gasteiger partial charge in [0, 0.05) is 13.1 Å². The SMILES string of the molecule is C(NCC1CO1)C1CO1.CCc1cccc(C)c1. The fraction of sp³-hybridized carbons (Fsp3) is 0.600. The van der Waals surface area contributed by atoms with E-state index in [9.17, 15) is 0 Å². The number of rotatable bonds is 5. The van der Waals surface area contributed by atoms with E-state index in [2.05, 4.69) is 43.4 Å². The van der Waals surface area contributed by atoms with Gasteiger partial charge in [0.25, 0.3) is 0 Å². The standard InChI is InChI=1S/C9H12.C6H11NO2/c1-3-9-6-4-5-8(2)7-9;1(5-3-8-5)7-2-6-4-9-6/h4-7H,3H2,1-2H3;5-7H,1-4H2. The third kappa shape index (κ3) is 5.63. The number of benzene rings is 1. The molecule has 0 amide bonds. The van der Waals surface area contributed by atoms with E-state index in [-0.39, 0.29) is 0 Å². The Bertz CT molecular complexity index is 347. The first kappa shape index (κ1) is 13.5. The first-order valence-corrected chi connectivity index (χ1v) is 6.77. The molecule has 3 nitrogen and oxygen atoms in total. The van der Waals surface area contributed by atoms with Gasteiger partial charge in [0.2, 0.25) is 0 Å². The van der Waals surface area contributed by atoms with Crippen LogP contribution in [-0.2, 0) is 15.9 Å². The lowest BCUT2D eigenvalue weighted by atomic mass is 10.1. The highest BCUT2D eigenvalue weighted by molar-refractivity contribution is 5.21. The normalized spacial score (nSPS) is 24.1. The lowest BCUT2D eigenvalue weighted by Gasteiger charge is -1.95. The van der Waals surface area contributed by atoms with E-state index in [4.69, 9.17) is 9.47 Å². The Kier molecular flexibility index (Phi) is 5.17. The molecule has 3 rings (SSSR count). The number of epoxide rings is 2. The van der Waals surface area contributed by atoms with E-state index in [1.807, 2.05) is 0 Å². The lowest BCUT2D eigenvalue weighted by molar-refractivity contribution is 0.373. The number of aryl methyl sites for hydroxylation is 2. The molecule has 2 aliphatic heterocycles. The zero-order chi connectivity index (χ0) is 12.8. The van der Waals surface area contributed by atoms with Crippen molar-refractivity contribution in [1.82, 2.24) is 5.32 Å². The summed E-state index contributed by atoms with van der Waals surface area (Å²) in [5, 5.41) is 3.26. The monoisotopic (exact) mass is 249 g/mol. The maximum Gasteiger partial charge on any atom is 0.0933 e. The van der Waals surface area contributed by atoms with Crippen molar-refractivity contribution in [2.75, 3.05) is 26.3 Å². The Morgan fingerprint density at radius 2 is 1.78 bits per heavy atom. The van der Waals surface area contributed by atoms with Gasteiger partial charge >= 0.3 is 0 Å². The Balaban J connectivity index is 0.000000134. The molecular formula is C15H23NO2. The van der Waals surface area contributed by atoms with Crippen molar-refractivity contribution in [3.05, 3.63) is 35.4 Å². The highest BCUT2D eigenvalue weighted by Crippen LogP contribution is 2.09. The molecule has 0 bridgehead atoms. The molecule has 2 aliphatic rings. The molecule has 2 saturated heterocycles. The van der Waals surface area contributed by atoms with E-state index in [1.165, 1.54) is 11.1 Å². The Morgan fingerprint density at radius 1 is 1.17 bits per heavy atom. The molecule has 1 N–H and O–H groups in total. The first-order valence-electron chi connectivity index (χ1n) is 6.77. The molecule has 0 saturated carbocycles. The molecule has 0 radical (unpaired) electrons. The molecule has 0 spiro atoms. The molecule has 2 heterocycles. The van der Waals surface area contributed by atoms with Crippen molar-refractivity contribution in [2.45, 2.75) is 32.5 Å². The predicted octanol–water partition coefficient (Wildman–Crippen LogP) is 1.93. The van der Waals surface area contributed by atoms with Crippen LogP contribution in [0.4, 0.5) is 0 Å². The minimum atomic E-state index is 0.503. The number of ether oxygens (including phenoxy) is 2. The maximum atomic E-state index is 5.01. The molecular weight excluding hydrogens is 226 g/mol. The van der Waals surface area contributed by atoms with Crippen LogP contribution in [0.15, 0.2) is 24.3 Å². The molecule has 0 aromatic heterocycles. The van der Waals surface area contributed by atoms with Crippen LogP contribution in [0.25, 0.3) is 0 Å². The highest BCUT2D eigenvalue weighted by Gasteiger charge is 2.25. The minimum Gasteiger partial charge on any atom is -0.372 e. The Morgan fingerprint density at radius 3 is 2.17 bits per heavy atom. The molecule has 2 fully saturated rings. The summed E-state index contributed by atoms with van der Waals surface area (Å²) in [6.07, 6.45) is 2.15. The van der Waals surface area contributed by atoms with Crippen LogP contribution in [0.3, 0.4) is 0 Å². The number of nitrogens with one attached hydrogen (secondary N) is 1. The largest absolute Gasteiger partial charge is 0.372 e. The minimum absolute atomic E-state index is 0.503. The van der Waals surface area contributed by atoms with Gasteiger partial charge in [0.15, 0.2) is 0 Å². The summed E-state index contributed by atoms with van der Waals surface area (Å²) in [4.78, 5) is 0. The summed E-state index contributed by atoms with van der Waals surface area (Å²) in [5.41, 5.74) is 2.78. The Labute approximate surface area is 109 Å². The first-order chi connectivity index (χ1) is 8.78. The van der Waals surface area contributed by atoms with Crippen molar-refractivity contribution >= 4 is 0 Å². The van der Waals surface area contributed by atoms with E-state index in [1.54, 1.807) is 0 Å². The average Bonchev–Trinajstić information content (AvgIpc) is 3.24. The summed E-state index contributed by atoms with van der Waals surface area (Å²) in [6.45, 7) is 8.19. The second kappa shape index (κ2) is 6.88. The van der Waals surface area contributed by atoms with Gasteiger partial charge in [-0.1, -0.05) is 36.8 Å². The smallest absolute Gasteiger partial charge is 0.0933 e.